The molecule has 0 radical (unpaired) electrons. The molecule has 2 aliphatic heterocycles. The predicted molar refractivity (Wildman–Crippen MR) is 119 cm³/mol. The third kappa shape index (κ3) is 4.36. The molecular formula is C24H27N3O6. The maximum absolute atomic E-state index is 13.7. The summed E-state index contributed by atoms with van der Waals surface area (Å²) in [6, 6.07) is 13.1. The highest BCUT2D eigenvalue weighted by Gasteiger charge is 2.54. The Morgan fingerprint density at radius 2 is 1.64 bits per heavy atom. The molecule has 33 heavy (non-hydrogen) atoms. The largest absolute Gasteiger partial charge is 0.497 e. The molecule has 4 rings (SSSR count). The fourth-order valence-electron chi connectivity index (χ4n) is 4.19. The van der Waals surface area contributed by atoms with E-state index in [0.717, 1.165) is 17.7 Å². The van der Waals surface area contributed by atoms with E-state index in [4.69, 9.17) is 14.2 Å². The molecule has 0 saturated carbocycles. The zero-order chi connectivity index (χ0) is 23.4. The lowest BCUT2D eigenvalue weighted by Gasteiger charge is -2.28. The molecule has 174 valence electrons. The highest BCUT2D eigenvalue weighted by atomic mass is 16.5. The van der Waals surface area contributed by atoms with E-state index >= 15 is 0 Å². The molecule has 2 fully saturated rings. The number of amides is 4. The Morgan fingerprint density at radius 3 is 2.12 bits per heavy atom. The minimum absolute atomic E-state index is 0.0326. The first-order chi connectivity index (χ1) is 16.0. The Morgan fingerprint density at radius 1 is 1.06 bits per heavy atom. The van der Waals surface area contributed by atoms with Crippen LogP contribution in [-0.4, -0.2) is 62.8 Å². The molecule has 2 aliphatic rings. The van der Waals surface area contributed by atoms with Gasteiger partial charge in [0.2, 0.25) is 5.91 Å². The summed E-state index contributed by atoms with van der Waals surface area (Å²) in [6.07, 6.45) is 1.80. The van der Waals surface area contributed by atoms with E-state index in [9.17, 15) is 14.4 Å². The fraction of sp³-hybridized carbons (Fsp3) is 0.375. The number of carbonyl (C=O) groups excluding carboxylic acids is 3. The summed E-state index contributed by atoms with van der Waals surface area (Å²) in [6.45, 7) is 0.649. The van der Waals surface area contributed by atoms with Gasteiger partial charge >= 0.3 is 6.03 Å². The number of nitrogens with zero attached hydrogens (tertiary/aromatic N) is 1. The van der Waals surface area contributed by atoms with Crippen molar-refractivity contribution in [2.24, 2.45) is 0 Å². The summed E-state index contributed by atoms with van der Waals surface area (Å²) in [7, 11) is 3.10. The third-order valence-corrected chi connectivity index (χ3v) is 6.00. The van der Waals surface area contributed by atoms with Crippen molar-refractivity contribution in [3.63, 3.8) is 0 Å². The molecule has 0 aromatic heterocycles. The Bertz CT molecular complexity index is 968. The minimum Gasteiger partial charge on any atom is -0.497 e. The van der Waals surface area contributed by atoms with Crippen molar-refractivity contribution in [3.05, 3.63) is 59.7 Å². The standard InChI is InChI=1S/C24H27N3O6/c1-31-18-9-5-16(6-10-18)24(17-7-11-19(32-2)12-8-17)22(29)27(23(30)26-24)15-21(28)25-14-20-4-3-13-33-20/h5-12,20H,3-4,13-15H2,1-2H3,(H,25,28)(H,26,30). The Kier molecular flexibility index (Phi) is 6.50. The minimum atomic E-state index is -1.48. The molecule has 0 bridgehead atoms. The van der Waals surface area contributed by atoms with Crippen molar-refractivity contribution in [2.75, 3.05) is 33.9 Å². The van der Waals surface area contributed by atoms with Crippen LogP contribution >= 0.6 is 0 Å². The molecule has 2 heterocycles. The quantitative estimate of drug-likeness (QED) is 0.591. The average Bonchev–Trinajstić information content (AvgIpc) is 3.46. The maximum Gasteiger partial charge on any atom is 0.326 e. The molecule has 2 aromatic rings. The van der Waals surface area contributed by atoms with Crippen LogP contribution in [0.25, 0.3) is 0 Å². The second kappa shape index (κ2) is 9.50. The Labute approximate surface area is 192 Å². The summed E-state index contributed by atoms with van der Waals surface area (Å²) >= 11 is 0. The molecule has 0 spiro atoms. The number of nitrogens with one attached hydrogen (secondary N) is 2. The van der Waals surface area contributed by atoms with Gasteiger partial charge in [-0.25, -0.2) is 4.79 Å². The van der Waals surface area contributed by atoms with Gasteiger partial charge in [-0.05, 0) is 48.2 Å². The molecule has 0 aliphatic carbocycles. The van der Waals surface area contributed by atoms with Crippen molar-refractivity contribution >= 4 is 17.8 Å². The topological polar surface area (TPSA) is 106 Å². The van der Waals surface area contributed by atoms with E-state index < -0.39 is 23.4 Å². The van der Waals surface area contributed by atoms with Crippen LogP contribution in [-0.2, 0) is 19.9 Å². The number of rotatable bonds is 8. The Balaban J connectivity index is 1.62. The summed E-state index contributed by atoms with van der Waals surface area (Å²) in [5.74, 6) is 0.279. The SMILES string of the molecule is COc1ccc(C2(c3ccc(OC)cc3)NC(=O)N(CC(=O)NCC3CCCO3)C2=O)cc1. The number of methoxy groups -OCH3 is 2. The average molecular weight is 453 g/mol. The van der Waals surface area contributed by atoms with Crippen LogP contribution in [0.1, 0.15) is 24.0 Å². The molecule has 2 aromatic carbocycles. The van der Waals surface area contributed by atoms with Crippen molar-refractivity contribution in [1.29, 1.82) is 0 Å². The van der Waals surface area contributed by atoms with Gasteiger partial charge in [-0.2, -0.15) is 0 Å². The van der Waals surface area contributed by atoms with Crippen LogP contribution in [0.3, 0.4) is 0 Å². The van der Waals surface area contributed by atoms with Gasteiger partial charge in [-0.1, -0.05) is 24.3 Å². The number of benzene rings is 2. The second-order valence-corrected chi connectivity index (χ2v) is 7.97. The van der Waals surface area contributed by atoms with Crippen molar-refractivity contribution < 1.29 is 28.6 Å². The van der Waals surface area contributed by atoms with Gasteiger partial charge in [0.15, 0.2) is 5.54 Å². The van der Waals surface area contributed by atoms with Gasteiger partial charge in [-0.15, -0.1) is 0 Å². The summed E-state index contributed by atoms with van der Waals surface area (Å²) in [5, 5.41) is 5.59. The smallest absolute Gasteiger partial charge is 0.326 e. The lowest BCUT2D eigenvalue weighted by molar-refractivity contribution is -0.134. The molecular weight excluding hydrogens is 426 g/mol. The second-order valence-electron chi connectivity index (χ2n) is 7.97. The van der Waals surface area contributed by atoms with Crippen LogP contribution in [0, 0.1) is 0 Å². The van der Waals surface area contributed by atoms with E-state index in [1.165, 1.54) is 0 Å². The van der Waals surface area contributed by atoms with Gasteiger partial charge in [0.1, 0.15) is 18.0 Å². The van der Waals surface area contributed by atoms with Gasteiger partial charge in [-0.3, -0.25) is 14.5 Å². The third-order valence-electron chi connectivity index (χ3n) is 6.00. The molecule has 9 nitrogen and oxygen atoms in total. The van der Waals surface area contributed by atoms with E-state index in [1.54, 1.807) is 62.8 Å². The number of imide groups is 1. The Hall–Kier alpha value is -3.59. The monoisotopic (exact) mass is 453 g/mol. The van der Waals surface area contributed by atoms with Crippen molar-refractivity contribution in [2.45, 2.75) is 24.5 Å². The fourth-order valence-corrected chi connectivity index (χ4v) is 4.19. The maximum atomic E-state index is 13.7. The van der Waals surface area contributed by atoms with Crippen LogP contribution in [0.4, 0.5) is 4.79 Å². The van der Waals surface area contributed by atoms with Gasteiger partial charge in [0, 0.05) is 13.2 Å². The summed E-state index contributed by atoms with van der Waals surface area (Å²) in [4.78, 5) is 40.1. The zero-order valence-corrected chi connectivity index (χ0v) is 18.6. The molecule has 2 N–H and O–H groups in total. The molecule has 9 heteroatoms. The van der Waals surface area contributed by atoms with E-state index in [2.05, 4.69) is 10.6 Å². The highest BCUT2D eigenvalue weighted by Crippen LogP contribution is 2.37. The van der Waals surface area contributed by atoms with Gasteiger partial charge < -0.3 is 24.8 Å². The number of hydrogen-bond donors (Lipinski definition) is 2. The first-order valence-corrected chi connectivity index (χ1v) is 10.8. The van der Waals surface area contributed by atoms with Crippen LogP contribution < -0.4 is 20.1 Å². The number of hydrogen-bond acceptors (Lipinski definition) is 6. The van der Waals surface area contributed by atoms with Crippen molar-refractivity contribution in [1.82, 2.24) is 15.5 Å². The lowest BCUT2D eigenvalue weighted by atomic mass is 9.82. The summed E-state index contributed by atoms with van der Waals surface area (Å²) in [5.41, 5.74) is -0.382. The zero-order valence-electron chi connectivity index (χ0n) is 18.6. The summed E-state index contributed by atoms with van der Waals surface area (Å²) < 4.78 is 16.0. The highest BCUT2D eigenvalue weighted by molar-refractivity contribution is 6.11. The van der Waals surface area contributed by atoms with Gasteiger partial charge in [0.25, 0.3) is 5.91 Å². The molecule has 1 atom stereocenters. The number of ether oxygens (including phenoxy) is 3. The van der Waals surface area contributed by atoms with Gasteiger partial charge in [0.05, 0.1) is 20.3 Å². The first kappa shape index (κ1) is 22.6. The number of urea groups is 1. The van der Waals surface area contributed by atoms with E-state index in [1.807, 2.05) is 0 Å². The first-order valence-electron chi connectivity index (χ1n) is 10.8. The van der Waals surface area contributed by atoms with E-state index in [-0.39, 0.29) is 12.6 Å². The lowest BCUT2D eigenvalue weighted by Crippen LogP contribution is -2.46. The molecule has 1 unspecified atom stereocenters. The predicted octanol–water partition coefficient (Wildman–Crippen LogP) is 1.79. The van der Waals surface area contributed by atoms with E-state index in [0.29, 0.717) is 35.8 Å². The van der Waals surface area contributed by atoms with Crippen molar-refractivity contribution in [3.8, 4) is 11.5 Å². The number of carbonyl (C=O) groups is 3. The molecule has 2 saturated heterocycles. The molecule has 4 amide bonds. The van der Waals surface area contributed by atoms with Crippen LogP contribution in [0.2, 0.25) is 0 Å². The van der Waals surface area contributed by atoms with Crippen LogP contribution in [0.5, 0.6) is 11.5 Å². The normalized spacial score (nSPS) is 19.3. The van der Waals surface area contributed by atoms with Crippen LogP contribution in [0.15, 0.2) is 48.5 Å².